The Balaban J connectivity index is 2.48. The summed E-state index contributed by atoms with van der Waals surface area (Å²) in [5, 5.41) is 4.65. The lowest BCUT2D eigenvalue weighted by Crippen LogP contribution is -2.40. The van der Waals surface area contributed by atoms with Gasteiger partial charge in [0.2, 0.25) is 5.91 Å². The summed E-state index contributed by atoms with van der Waals surface area (Å²) >= 11 is 1.23. The Morgan fingerprint density at radius 1 is 1.50 bits per heavy atom. The van der Waals surface area contributed by atoms with Gasteiger partial charge in [0, 0.05) is 17.1 Å². The van der Waals surface area contributed by atoms with Gasteiger partial charge < -0.3 is 15.8 Å². The molecule has 0 spiro atoms. The number of thioether (sulfide) groups is 1. The van der Waals surface area contributed by atoms with Crippen molar-refractivity contribution >= 4 is 29.4 Å². The molecule has 0 aromatic heterocycles. The summed E-state index contributed by atoms with van der Waals surface area (Å²) in [7, 11) is 1.55. The maximum Gasteiger partial charge on any atom is 0.321 e. The Hall–Kier alpha value is -2.15. The number of nitrogens with one attached hydrogen (secondary N) is 2. The van der Waals surface area contributed by atoms with Crippen LogP contribution in [-0.4, -0.2) is 31.3 Å². The third-order valence-corrected chi connectivity index (χ3v) is 3.31. The number of carbonyl (C=O) groups excluding carboxylic acids is 2. The molecule has 0 saturated heterocycles. The zero-order chi connectivity index (χ0) is 15.0. The first kappa shape index (κ1) is 15.9. The smallest absolute Gasteiger partial charge is 0.321 e. The van der Waals surface area contributed by atoms with Crippen LogP contribution in [0.2, 0.25) is 0 Å². The van der Waals surface area contributed by atoms with Gasteiger partial charge in [-0.15, -0.1) is 18.3 Å². The van der Waals surface area contributed by atoms with Crippen molar-refractivity contribution in [2.24, 2.45) is 0 Å². The number of hydrogen-bond acceptors (Lipinski definition) is 5. The molecule has 0 saturated carbocycles. The summed E-state index contributed by atoms with van der Waals surface area (Å²) in [6, 6.07) is 4.64. The minimum absolute atomic E-state index is 0.0822. The summed E-state index contributed by atoms with van der Waals surface area (Å²) in [6.45, 7) is 3.76. The van der Waals surface area contributed by atoms with E-state index in [4.69, 9.17) is 10.5 Å². The molecule has 4 N–H and O–H groups in total. The first-order chi connectivity index (χ1) is 9.56. The molecular weight excluding hydrogens is 278 g/mol. The van der Waals surface area contributed by atoms with Crippen molar-refractivity contribution < 1.29 is 14.3 Å². The van der Waals surface area contributed by atoms with Crippen molar-refractivity contribution in [3.63, 3.8) is 0 Å². The lowest BCUT2D eigenvalue weighted by molar-refractivity contribution is -0.117. The molecule has 0 unspecified atom stereocenters. The van der Waals surface area contributed by atoms with Crippen LogP contribution in [0.5, 0.6) is 5.75 Å². The Kier molecular flexibility index (Phi) is 6.45. The molecule has 3 amide bonds. The van der Waals surface area contributed by atoms with Crippen LogP contribution in [-0.2, 0) is 4.79 Å². The number of amides is 3. The molecule has 0 aliphatic heterocycles. The number of urea groups is 1. The summed E-state index contributed by atoms with van der Waals surface area (Å²) in [4.78, 5) is 23.5. The van der Waals surface area contributed by atoms with E-state index < -0.39 is 11.9 Å². The Bertz CT molecular complexity index is 506. The van der Waals surface area contributed by atoms with Crippen LogP contribution in [0, 0.1) is 0 Å². The molecule has 1 rings (SSSR count). The van der Waals surface area contributed by atoms with Gasteiger partial charge in [-0.1, -0.05) is 6.08 Å². The van der Waals surface area contributed by atoms with E-state index in [1.807, 2.05) is 0 Å². The molecule has 0 fully saturated rings. The van der Waals surface area contributed by atoms with Gasteiger partial charge in [-0.25, -0.2) is 4.79 Å². The highest BCUT2D eigenvalue weighted by atomic mass is 32.2. The minimum Gasteiger partial charge on any atom is -0.497 e. The van der Waals surface area contributed by atoms with E-state index in [-0.39, 0.29) is 5.75 Å². The van der Waals surface area contributed by atoms with Crippen LogP contribution >= 0.6 is 11.8 Å². The van der Waals surface area contributed by atoms with Crippen LogP contribution in [0.3, 0.4) is 0 Å². The first-order valence-corrected chi connectivity index (χ1v) is 6.80. The SMILES string of the molecule is C=CCNC(=O)NC(=O)CSc1cc(OC)ccc1N. The molecule has 7 heteroatoms. The van der Waals surface area contributed by atoms with Crippen LogP contribution in [0.1, 0.15) is 0 Å². The van der Waals surface area contributed by atoms with Crippen LogP contribution in [0.4, 0.5) is 10.5 Å². The van der Waals surface area contributed by atoms with Crippen molar-refractivity contribution in [1.82, 2.24) is 10.6 Å². The summed E-state index contributed by atoms with van der Waals surface area (Å²) in [5.74, 6) is 0.336. The average molecular weight is 295 g/mol. The number of ether oxygens (including phenoxy) is 1. The molecule has 1 aromatic carbocycles. The van der Waals surface area contributed by atoms with Gasteiger partial charge in [-0.3, -0.25) is 10.1 Å². The summed E-state index contributed by atoms with van der Waals surface area (Å²) in [6.07, 6.45) is 1.52. The standard InChI is InChI=1S/C13H17N3O3S/c1-3-6-15-13(18)16-12(17)8-20-11-7-9(19-2)4-5-10(11)14/h3-5,7H,1,6,8,14H2,2H3,(H2,15,16,17,18). The Labute approximate surface area is 121 Å². The average Bonchev–Trinajstić information content (AvgIpc) is 2.44. The quantitative estimate of drug-likeness (QED) is 0.419. The topological polar surface area (TPSA) is 93.5 Å². The van der Waals surface area contributed by atoms with Gasteiger partial charge in [0.15, 0.2) is 0 Å². The number of hydrogen-bond donors (Lipinski definition) is 3. The van der Waals surface area contributed by atoms with Crippen LogP contribution in [0.25, 0.3) is 0 Å². The van der Waals surface area contributed by atoms with Crippen LogP contribution in [0.15, 0.2) is 35.7 Å². The molecule has 0 heterocycles. The number of methoxy groups -OCH3 is 1. The number of imide groups is 1. The fourth-order valence-corrected chi connectivity index (χ4v) is 2.07. The number of nitrogens with two attached hydrogens (primary N) is 1. The van der Waals surface area contributed by atoms with Gasteiger partial charge in [0.05, 0.1) is 12.9 Å². The van der Waals surface area contributed by atoms with E-state index in [0.29, 0.717) is 18.0 Å². The van der Waals surface area contributed by atoms with Crippen molar-refractivity contribution in [1.29, 1.82) is 0 Å². The fourth-order valence-electron chi connectivity index (χ4n) is 1.28. The molecule has 0 aliphatic rings. The fraction of sp³-hybridized carbons (Fsp3) is 0.231. The zero-order valence-electron chi connectivity index (χ0n) is 11.1. The monoisotopic (exact) mass is 295 g/mol. The highest BCUT2D eigenvalue weighted by Crippen LogP contribution is 2.28. The lowest BCUT2D eigenvalue weighted by atomic mass is 10.3. The lowest BCUT2D eigenvalue weighted by Gasteiger charge is -2.08. The Morgan fingerprint density at radius 3 is 2.90 bits per heavy atom. The van der Waals surface area contributed by atoms with Crippen LogP contribution < -0.4 is 21.1 Å². The van der Waals surface area contributed by atoms with Crippen molar-refractivity contribution in [3.05, 3.63) is 30.9 Å². The van der Waals surface area contributed by atoms with E-state index in [1.165, 1.54) is 17.8 Å². The molecule has 6 nitrogen and oxygen atoms in total. The number of carbonyl (C=O) groups is 2. The van der Waals surface area contributed by atoms with Gasteiger partial charge in [-0.2, -0.15) is 0 Å². The molecule has 108 valence electrons. The van der Waals surface area contributed by atoms with Gasteiger partial charge in [0.25, 0.3) is 0 Å². The van der Waals surface area contributed by atoms with Crippen molar-refractivity contribution in [2.45, 2.75) is 4.90 Å². The third kappa shape index (κ3) is 5.23. The second-order valence-corrected chi connectivity index (χ2v) is 4.76. The highest BCUT2D eigenvalue weighted by molar-refractivity contribution is 8.00. The van der Waals surface area contributed by atoms with Crippen molar-refractivity contribution in [2.75, 3.05) is 25.1 Å². The van der Waals surface area contributed by atoms with Gasteiger partial charge in [-0.05, 0) is 18.2 Å². The predicted molar refractivity (Wildman–Crippen MR) is 79.9 cm³/mol. The van der Waals surface area contributed by atoms with Gasteiger partial charge >= 0.3 is 6.03 Å². The number of rotatable bonds is 6. The number of benzene rings is 1. The predicted octanol–water partition coefficient (Wildman–Crippen LogP) is 1.38. The van der Waals surface area contributed by atoms with E-state index in [0.717, 1.165) is 4.90 Å². The molecule has 1 aromatic rings. The van der Waals surface area contributed by atoms with E-state index in [9.17, 15) is 9.59 Å². The minimum atomic E-state index is -0.547. The molecule has 0 atom stereocenters. The molecule has 20 heavy (non-hydrogen) atoms. The molecule has 0 radical (unpaired) electrons. The molecular formula is C13H17N3O3S. The van der Waals surface area contributed by atoms with E-state index >= 15 is 0 Å². The summed E-state index contributed by atoms with van der Waals surface area (Å²) < 4.78 is 5.08. The highest BCUT2D eigenvalue weighted by Gasteiger charge is 2.09. The number of nitrogen functional groups attached to an aromatic ring is 1. The third-order valence-electron chi connectivity index (χ3n) is 2.24. The second kappa shape index (κ2) is 8.11. The van der Waals surface area contributed by atoms with Gasteiger partial charge in [0.1, 0.15) is 5.75 Å². The maximum absolute atomic E-state index is 11.6. The van der Waals surface area contributed by atoms with E-state index in [2.05, 4.69) is 17.2 Å². The van der Waals surface area contributed by atoms with Crippen molar-refractivity contribution in [3.8, 4) is 5.75 Å². The number of anilines is 1. The zero-order valence-corrected chi connectivity index (χ0v) is 12.0. The second-order valence-electron chi connectivity index (χ2n) is 3.74. The normalized spacial score (nSPS) is 9.65. The largest absolute Gasteiger partial charge is 0.497 e. The molecule has 0 aliphatic carbocycles. The summed E-state index contributed by atoms with van der Waals surface area (Å²) in [5.41, 5.74) is 6.35. The first-order valence-electron chi connectivity index (χ1n) is 5.81. The maximum atomic E-state index is 11.6. The Morgan fingerprint density at radius 2 is 2.25 bits per heavy atom. The van der Waals surface area contributed by atoms with E-state index in [1.54, 1.807) is 25.3 Å². The molecule has 0 bridgehead atoms.